The Kier molecular flexibility index (Phi) is 10.2. The molecule has 0 atom stereocenters. The lowest BCUT2D eigenvalue weighted by Gasteiger charge is -2.14. The molecule has 2 heterocycles. The lowest BCUT2D eigenvalue weighted by atomic mass is 9.90. The monoisotopic (exact) mass is 740 g/mol. The first kappa shape index (κ1) is 35.4. The minimum absolute atomic E-state index is 0.882. The molecule has 0 saturated carbocycles. The minimum atomic E-state index is 0.882. The number of allylic oxidation sites excluding steroid dienone is 9. The number of aromatic nitrogens is 1. The zero-order valence-corrected chi connectivity index (χ0v) is 32.6. The van der Waals surface area contributed by atoms with Crippen LogP contribution in [0.3, 0.4) is 0 Å². The summed E-state index contributed by atoms with van der Waals surface area (Å²) >= 11 is 1.86. The third kappa shape index (κ3) is 7.03. The lowest BCUT2D eigenvalue weighted by molar-refractivity contribution is 0.810. The highest BCUT2D eigenvalue weighted by Crippen LogP contribution is 2.41. The van der Waals surface area contributed by atoms with Gasteiger partial charge in [-0.05, 0) is 113 Å². The van der Waals surface area contributed by atoms with Crippen molar-refractivity contribution in [3.05, 3.63) is 187 Å². The molecule has 0 unspecified atom stereocenters. The number of hydrogen-bond donors (Lipinski definition) is 0. The number of aliphatic imine (C=N–C) groups is 1. The van der Waals surface area contributed by atoms with Gasteiger partial charge in [0.25, 0.3) is 0 Å². The van der Waals surface area contributed by atoms with Gasteiger partial charge in [0, 0.05) is 49.4 Å². The molecule has 0 saturated heterocycles. The summed E-state index contributed by atoms with van der Waals surface area (Å²) in [6.45, 7) is 3.08. The Labute approximate surface area is 333 Å². The highest BCUT2D eigenvalue weighted by Gasteiger charge is 2.18. The molecule has 2 aromatic heterocycles. The Morgan fingerprint density at radius 2 is 1.36 bits per heavy atom. The second-order valence-corrected chi connectivity index (χ2v) is 15.5. The summed E-state index contributed by atoms with van der Waals surface area (Å²) in [7, 11) is 0. The van der Waals surface area contributed by atoms with Gasteiger partial charge in [0.1, 0.15) is 0 Å². The van der Waals surface area contributed by atoms with Crippen LogP contribution in [0.2, 0.25) is 0 Å². The summed E-state index contributed by atoms with van der Waals surface area (Å²) in [6, 6.07) is 47.4. The number of nitrogens with zero attached hydrogens (tertiary/aromatic N) is 2. The lowest BCUT2D eigenvalue weighted by Crippen LogP contribution is -1.94. The van der Waals surface area contributed by atoms with Gasteiger partial charge in [0.2, 0.25) is 0 Å². The van der Waals surface area contributed by atoms with Crippen molar-refractivity contribution in [2.45, 2.75) is 32.6 Å². The van der Waals surface area contributed by atoms with E-state index in [1.165, 1.54) is 86.6 Å². The van der Waals surface area contributed by atoms with Gasteiger partial charge < -0.3 is 4.57 Å². The summed E-state index contributed by atoms with van der Waals surface area (Å²) in [5, 5.41) is 5.11. The van der Waals surface area contributed by atoms with E-state index in [2.05, 4.69) is 192 Å². The number of thiophene rings is 1. The maximum absolute atomic E-state index is 4.48. The summed E-state index contributed by atoms with van der Waals surface area (Å²) < 4.78 is 5.10. The first-order valence-corrected chi connectivity index (χ1v) is 20.6. The second kappa shape index (κ2) is 16.2. The van der Waals surface area contributed by atoms with Gasteiger partial charge in [-0.25, -0.2) is 0 Å². The zero-order valence-electron chi connectivity index (χ0n) is 31.7. The first-order valence-electron chi connectivity index (χ1n) is 19.8. The highest BCUT2D eigenvalue weighted by atomic mass is 32.1. The van der Waals surface area contributed by atoms with Gasteiger partial charge in [-0.2, -0.15) is 0 Å². The number of unbranched alkanes of at least 4 members (excludes halogenated alkanes) is 1. The van der Waals surface area contributed by atoms with Crippen molar-refractivity contribution >= 4 is 71.2 Å². The number of hydrogen-bond acceptors (Lipinski definition) is 2. The van der Waals surface area contributed by atoms with E-state index in [-0.39, 0.29) is 0 Å². The Hall–Kier alpha value is -6.29. The van der Waals surface area contributed by atoms with Crippen LogP contribution in [0.5, 0.6) is 0 Å². The van der Waals surface area contributed by atoms with E-state index in [4.69, 9.17) is 0 Å². The normalized spacial score (nSPS) is 15.7. The van der Waals surface area contributed by atoms with Crippen molar-refractivity contribution in [1.82, 2.24) is 4.57 Å². The molecule has 272 valence electrons. The largest absolute Gasteiger partial charge is 0.309 e. The van der Waals surface area contributed by atoms with Crippen molar-refractivity contribution in [3.63, 3.8) is 0 Å². The van der Waals surface area contributed by atoms with Crippen LogP contribution in [0.4, 0.5) is 0 Å². The predicted octanol–water partition coefficient (Wildman–Crippen LogP) is 15.2. The van der Waals surface area contributed by atoms with Crippen LogP contribution in [0.15, 0.2) is 181 Å². The molecule has 0 aliphatic heterocycles. The summed E-state index contributed by atoms with van der Waals surface area (Å²) in [5.74, 6) is 0. The highest BCUT2D eigenvalue weighted by molar-refractivity contribution is 7.25. The molecule has 9 rings (SSSR count). The van der Waals surface area contributed by atoms with E-state index in [0.717, 1.165) is 32.2 Å². The number of fused-ring (bicyclic) bond motifs is 6. The van der Waals surface area contributed by atoms with E-state index in [1.807, 2.05) is 23.6 Å². The van der Waals surface area contributed by atoms with Crippen LogP contribution in [0.25, 0.3) is 81.6 Å². The molecular weight excluding hydrogens is 697 g/mol. The van der Waals surface area contributed by atoms with Crippen LogP contribution >= 0.6 is 11.3 Å². The molecule has 8 aromatic rings. The Morgan fingerprint density at radius 3 is 2.20 bits per heavy atom. The van der Waals surface area contributed by atoms with Gasteiger partial charge in [0.05, 0.1) is 11.0 Å². The molecule has 0 fully saturated rings. The van der Waals surface area contributed by atoms with Crippen molar-refractivity contribution in [2.75, 3.05) is 6.54 Å². The fourth-order valence-electron chi connectivity index (χ4n) is 8.02. The molecule has 0 bridgehead atoms. The first-order chi connectivity index (χ1) is 27.8. The van der Waals surface area contributed by atoms with Gasteiger partial charge in [-0.1, -0.05) is 141 Å². The van der Waals surface area contributed by atoms with E-state index >= 15 is 0 Å². The molecule has 2 nitrogen and oxygen atoms in total. The SMILES string of the molecule is CCCCN=C/C=C\C=C\c1ccccc1-c1ccc2c(c1)c1cc(-c3ccccc3/C3=C/C=C\C=C\CC3)ccc1n2-c1ccc2sc3ccccc3c2c1. The fraction of sp³-hybridized carbons (Fsp3) is 0.113. The molecule has 0 spiro atoms. The Bertz CT molecular complexity index is 2900. The van der Waals surface area contributed by atoms with E-state index < -0.39 is 0 Å². The molecule has 0 radical (unpaired) electrons. The van der Waals surface area contributed by atoms with E-state index in [9.17, 15) is 0 Å². The van der Waals surface area contributed by atoms with Crippen molar-refractivity contribution in [2.24, 2.45) is 4.99 Å². The standard InChI is InChI=1S/C53H44N2S/c1-2-3-33-54-34-17-7-10-18-38-21-11-12-22-43(38)40-27-30-50-47(35-40)48-36-41(45-24-14-13-23-44(45)39-19-8-5-4-6-9-20-39)28-31-51(48)55(50)42-29-32-53-49(37-42)46-25-15-16-26-52(46)56-53/h4-8,10-19,21-32,34-37H,2-3,9,20,33H2,1H3/b6-4+,8-5-,17-7-,18-10+,39-19+,54-34?. The minimum Gasteiger partial charge on any atom is -0.309 e. The second-order valence-electron chi connectivity index (χ2n) is 14.4. The van der Waals surface area contributed by atoms with Crippen LogP contribution in [-0.2, 0) is 0 Å². The Morgan fingerprint density at radius 1 is 0.625 bits per heavy atom. The van der Waals surface area contributed by atoms with E-state index in [0.29, 0.717) is 0 Å². The third-order valence-corrected chi connectivity index (χ3v) is 12.0. The summed E-state index contributed by atoms with van der Waals surface area (Å²) in [4.78, 5) is 4.48. The van der Waals surface area contributed by atoms with Crippen molar-refractivity contribution in [3.8, 4) is 27.9 Å². The molecular formula is C53H44N2S. The van der Waals surface area contributed by atoms with Crippen LogP contribution < -0.4 is 0 Å². The molecule has 56 heavy (non-hydrogen) atoms. The van der Waals surface area contributed by atoms with Crippen molar-refractivity contribution < 1.29 is 0 Å². The predicted molar refractivity (Wildman–Crippen MR) is 246 cm³/mol. The molecule has 0 amide bonds. The summed E-state index contributed by atoms with van der Waals surface area (Å²) in [6.07, 6.45) is 25.6. The van der Waals surface area contributed by atoms with Gasteiger partial charge >= 0.3 is 0 Å². The van der Waals surface area contributed by atoms with Crippen LogP contribution in [-0.4, -0.2) is 17.3 Å². The quantitative estimate of drug-likeness (QED) is 0.0755. The van der Waals surface area contributed by atoms with E-state index in [1.54, 1.807) is 0 Å². The molecule has 6 aromatic carbocycles. The van der Waals surface area contributed by atoms with Gasteiger partial charge in [-0.15, -0.1) is 11.3 Å². The van der Waals surface area contributed by atoms with Crippen molar-refractivity contribution in [1.29, 1.82) is 0 Å². The fourth-order valence-corrected chi connectivity index (χ4v) is 9.11. The number of benzene rings is 6. The van der Waals surface area contributed by atoms with Gasteiger partial charge in [0.15, 0.2) is 0 Å². The average molecular weight is 741 g/mol. The molecule has 1 aliphatic carbocycles. The number of rotatable bonds is 10. The van der Waals surface area contributed by atoms with Gasteiger partial charge in [-0.3, -0.25) is 4.99 Å². The maximum Gasteiger partial charge on any atom is 0.0541 e. The zero-order chi connectivity index (χ0) is 37.7. The smallest absolute Gasteiger partial charge is 0.0541 e. The molecule has 1 aliphatic rings. The topological polar surface area (TPSA) is 17.3 Å². The Balaban J connectivity index is 1.20. The average Bonchev–Trinajstić information content (AvgIpc) is 3.76. The van der Waals surface area contributed by atoms with Crippen LogP contribution in [0.1, 0.15) is 43.7 Å². The summed E-state index contributed by atoms with van der Waals surface area (Å²) in [5.41, 5.74) is 12.3. The third-order valence-electron chi connectivity index (χ3n) is 10.8. The maximum atomic E-state index is 4.48. The van der Waals surface area contributed by atoms with Crippen LogP contribution in [0, 0.1) is 0 Å². The molecule has 0 N–H and O–H groups in total. The molecule has 3 heteroatoms.